The Bertz CT molecular complexity index is 1080. The number of halogens is 1. The van der Waals surface area contributed by atoms with Crippen molar-refractivity contribution in [1.82, 2.24) is 5.32 Å². The van der Waals surface area contributed by atoms with Crippen molar-refractivity contribution in [3.63, 3.8) is 0 Å². The molecule has 0 spiro atoms. The molecule has 2 heterocycles. The maximum atomic E-state index is 12.3. The molecule has 3 aromatic rings. The van der Waals surface area contributed by atoms with Crippen LogP contribution in [0.2, 0.25) is 5.02 Å². The number of carbonyl (C=O) groups excluding carboxylic acids is 2. The van der Waals surface area contributed by atoms with E-state index in [0.717, 1.165) is 10.4 Å². The summed E-state index contributed by atoms with van der Waals surface area (Å²) in [7, 11) is 0. The Hall–Kier alpha value is -2.84. The molecule has 0 radical (unpaired) electrons. The predicted octanol–water partition coefficient (Wildman–Crippen LogP) is 3.66. The summed E-state index contributed by atoms with van der Waals surface area (Å²) in [5, 5.41) is 5.46. The third kappa shape index (κ3) is 4.71. The van der Waals surface area contributed by atoms with Crippen LogP contribution in [0.3, 0.4) is 0 Å². The van der Waals surface area contributed by atoms with E-state index in [1.807, 2.05) is 11.4 Å². The highest BCUT2D eigenvalue weighted by Gasteiger charge is 2.20. The Kier molecular flexibility index (Phi) is 6.01. The van der Waals surface area contributed by atoms with E-state index >= 15 is 0 Å². The zero-order valence-corrected chi connectivity index (χ0v) is 16.4. The average molecular weight is 421 g/mol. The molecule has 7 nitrogen and oxygen atoms in total. The van der Waals surface area contributed by atoms with Gasteiger partial charge in [-0.25, -0.2) is 9.59 Å². The lowest BCUT2D eigenvalue weighted by molar-refractivity contribution is -0.145. The molecule has 0 bridgehead atoms. The number of fused-ring (bicyclic) bond motifs is 1. The molecular weight excluding hydrogens is 404 g/mol. The number of amides is 2. The Morgan fingerprint density at radius 2 is 2.14 bits per heavy atom. The second-order valence-electron chi connectivity index (χ2n) is 6.13. The smallest absolute Gasteiger partial charge is 0.336 e. The fraction of sp³-hybridized carbons (Fsp3) is 0.211. The van der Waals surface area contributed by atoms with Crippen LogP contribution in [0.1, 0.15) is 28.5 Å². The van der Waals surface area contributed by atoms with Gasteiger partial charge in [0, 0.05) is 26.9 Å². The molecule has 2 aromatic heterocycles. The largest absolute Gasteiger partial charge is 0.461 e. The number of carbonyl (C=O) groups is 2. The van der Waals surface area contributed by atoms with Crippen molar-refractivity contribution < 1.29 is 18.7 Å². The molecular formula is C19H17ClN2O5S. The molecule has 3 N–H and O–H groups in total. The zero-order chi connectivity index (χ0) is 20.3. The fourth-order valence-electron chi connectivity index (χ4n) is 2.74. The highest BCUT2D eigenvalue weighted by atomic mass is 35.5. The van der Waals surface area contributed by atoms with Gasteiger partial charge in [-0.3, -0.25) is 4.79 Å². The maximum absolute atomic E-state index is 12.3. The van der Waals surface area contributed by atoms with Crippen LogP contribution in [-0.2, 0) is 16.1 Å². The van der Waals surface area contributed by atoms with E-state index in [4.69, 9.17) is 26.5 Å². The second-order valence-corrected chi connectivity index (χ2v) is 7.52. The fourth-order valence-corrected chi connectivity index (χ4v) is 3.68. The van der Waals surface area contributed by atoms with E-state index in [2.05, 4.69) is 5.32 Å². The highest BCUT2D eigenvalue weighted by molar-refractivity contribution is 7.10. The van der Waals surface area contributed by atoms with Crippen molar-refractivity contribution in [2.45, 2.75) is 26.0 Å². The second kappa shape index (κ2) is 8.45. The molecule has 0 saturated carbocycles. The van der Waals surface area contributed by atoms with Gasteiger partial charge in [0.25, 0.3) is 0 Å². The number of nitrogens with one attached hydrogen (secondary N) is 1. The van der Waals surface area contributed by atoms with Gasteiger partial charge in [0.15, 0.2) is 0 Å². The summed E-state index contributed by atoms with van der Waals surface area (Å²) in [6.07, 6.45) is -0.0946. The summed E-state index contributed by atoms with van der Waals surface area (Å²) in [5.74, 6) is -0.549. The summed E-state index contributed by atoms with van der Waals surface area (Å²) < 4.78 is 10.5. The normalized spacial score (nSPS) is 11.9. The topological polar surface area (TPSA) is 112 Å². The lowest BCUT2D eigenvalue weighted by Gasteiger charge is -2.15. The number of ether oxygens (including phenoxy) is 1. The molecule has 1 aromatic carbocycles. The molecule has 3 rings (SSSR count). The zero-order valence-electron chi connectivity index (χ0n) is 14.9. The van der Waals surface area contributed by atoms with Crippen LogP contribution in [0.15, 0.2) is 44.9 Å². The summed E-state index contributed by atoms with van der Waals surface area (Å²) in [6, 6.07) is 6.87. The predicted molar refractivity (Wildman–Crippen MR) is 106 cm³/mol. The van der Waals surface area contributed by atoms with Crippen molar-refractivity contribution >= 4 is 45.9 Å². The number of thiophene rings is 1. The number of benzene rings is 1. The third-order valence-electron chi connectivity index (χ3n) is 4.07. The lowest BCUT2D eigenvalue weighted by Crippen LogP contribution is -2.34. The molecule has 9 heteroatoms. The van der Waals surface area contributed by atoms with Gasteiger partial charge in [-0.1, -0.05) is 17.7 Å². The molecule has 146 valence electrons. The summed E-state index contributed by atoms with van der Waals surface area (Å²) in [4.78, 5) is 36.1. The first-order valence-corrected chi connectivity index (χ1v) is 9.57. The minimum absolute atomic E-state index is 0.0946. The van der Waals surface area contributed by atoms with Crippen LogP contribution >= 0.6 is 22.9 Å². The van der Waals surface area contributed by atoms with Crippen molar-refractivity contribution in [2.24, 2.45) is 5.73 Å². The van der Waals surface area contributed by atoms with E-state index in [-0.39, 0.29) is 13.0 Å². The van der Waals surface area contributed by atoms with Gasteiger partial charge < -0.3 is 20.2 Å². The maximum Gasteiger partial charge on any atom is 0.336 e. The van der Waals surface area contributed by atoms with Crippen LogP contribution in [0, 0.1) is 6.92 Å². The van der Waals surface area contributed by atoms with Gasteiger partial charge in [-0.05, 0) is 36.1 Å². The number of urea groups is 1. The molecule has 0 unspecified atom stereocenters. The first-order chi connectivity index (χ1) is 13.3. The standard InChI is InChI=1S/C19H17ClN2O5S/c1-10-5-15-12(7-13(10)20)11(6-18(24)27-15)9-26-17(23)8-14(22-19(21)25)16-3-2-4-28-16/h2-7,14H,8-9H2,1H3,(H3,21,22,25)/t14-/m0/s1. The van der Waals surface area contributed by atoms with E-state index in [1.54, 1.807) is 25.1 Å². The molecule has 0 aliphatic carbocycles. The highest BCUT2D eigenvalue weighted by Crippen LogP contribution is 2.26. The van der Waals surface area contributed by atoms with Gasteiger partial charge in [0.2, 0.25) is 0 Å². The average Bonchev–Trinajstić information content (AvgIpc) is 3.15. The minimum atomic E-state index is -0.733. The number of esters is 1. The van der Waals surface area contributed by atoms with Crippen LogP contribution < -0.4 is 16.7 Å². The van der Waals surface area contributed by atoms with Crippen molar-refractivity contribution in [2.75, 3.05) is 0 Å². The molecule has 0 aliphatic rings. The molecule has 28 heavy (non-hydrogen) atoms. The Labute approximate surface area is 169 Å². The van der Waals surface area contributed by atoms with E-state index in [1.165, 1.54) is 17.4 Å². The molecule has 2 amide bonds. The van der Waals surface area contributed by atoms with Gasteiger partial charge in [-0.15, -0.1) is 11.3 Å². The first-order valence-electron chi connectivity index (χ1n) is 8.31. The quantitative estimate of drug-likeness (QED) is 0.467. The molecule has 0 fully saturated rings. The molecule has 0 aliphatic heterocycles. The summed E-state index contributed by atoms with van der Waals surface area (Å²) >= 11 is 7.55. The third-order valence-corrected chi connectivity index (χ3v) is 5.47. The number of aryl methyl sites for hydroxylation is 1. The van der Waals surface area contributed by atoms with E-state index in [9.17, 15) is 14.4 Å². The molecule has 0 saturated heterocycles. The number of hydrogen-bond donors (Lipinski definition) is 2. The minimum Gasteiger partial charge on any atom is -0.461 e. The number of hydrogen-bond acceptors (Lipinski definition) is 6. The van der Waals surface area contributed by atoms with Crippen molar-refractivity contribution in [3.05, 3.63) is 67.2 Å². The molecule has 1 atom stereocenters. The van der Waals surface area contributed by atoms with Crippen LogP contribution in [0.5, 0.6) is 0 Å². The van der Waals surface area contributed by atoms with Crippen molar-refractivity contribution in [1.29, 1.82) is 0 Å². The first kappa shape index (κ1) is 19.9. The Balaban J connectivity index is 1.76. The van der Waals surface area contributed by atoms with Crippen LogP contribution in [0.4, 0.5) is 4.79 Å². The number of rotatable bonds is 6. The Morgan fingerprint density at radius 3 is 2.82 bits per heavy atom. The number of primary amides is 1. The SMILES string of the molecule is Cc1cc2oc(=O)cc(COC(=O)C[C@H](NC(N)=O)c3cccs3)c2cc1Cl. The lowest BCUT2D eigenvalue weighted by atomic mass is 10.1. The van der Waals surface area contributed by atoms with Crippen LogP contribution in [0.25, 0.3) is 11.0 Å². The van der Waals surface area contributed by atoms with Gasteiger partial charge in [0.05, 0.1) is 12.5 Å². The Morgan fingerprint density at radius 1 is 1.36 bits per heavy atom. The van der Waals surface area contributed by atoms with Gasteiger partial charge >= 0.3 is 17.6 Å². The summed E-state index contributed by atoms with van der Waals surface area (Å²) in [6.45, 7) is 1.67. The monoisotopic (exact) mass is 420 g/mol. The van der Waals surface area contributed by atoms with Gasteiger partial charge in [-0.2, -0.15) is 0 Å². The van der Waals surface area contributed by atoms with Crippen LogP contribution in [-0.4, -0.2) is 12.0 Å². The summed E-state index contributed by atoms with van der Waals surface area (Å²) in [5.41, 5.74) is 6.26. The van der Waals surface area contributed by atoms with E-state index < -0.39 is 23.7 Å². The number of nitrogens with two attached hydrogens (primary N) is 1. The van der Waals surface area contributed by atoms with Gasteiger partial charge in [0.1, 0.15) is 12.2 Å². The van der Waals surface area contributed by atoms with Crippen molar-refractivity contribution in [3.8, 4) is 0 Å². The van der Waals surface area contributed by atoms with E-state index in [0.29, 0.717) is 21.6 Å².